The van der Waals surface area contributed by atoms with Crippen molar-refractivity contribution in [3.05, 3.63) is 30.1 Å². The highest BCUT2D eigenvalue weighted by Crippen LogP contribution is 2.13. The summed E-state index contributed by atoms with van der Waals surface area (Å²) in [5.41, 5.74) is 1.52. The fourth-order valence-corrected chi connectivity index (χ4v) is 4.40. The van der Waals surface area contributed by atoms with Gasteiger partial charge < -0.3 is 0 Å². The summed E-state index contributed by atoms with van der Waals surface area (Å²) in [6.07, 6.45) is 34.3. The zero-order valence-corrected chi connectivity index (χ0v) is 20.8. The first kappa shape index (κ1) is 27.2. The molecule has 174 valence electrons. The Hall–Kier alpha value is -0.850. The zero-order chi connectivity index (χ0) is 21.5. The smallest absolute Gasteiger partial charge is 0.169 e. The lowest BCUT2D eigenvalue weighted by Crippen LogP contribution is -2.32. The Kier molecular flexibility index (Phi) is 19.4. The van der Waals surface area contributed by atoms with E-state index in [1.807, 2.05) is 0 Å². The quantitative estimate of drug-likeness (QED) is 0.131. The average Bonchev–Trinajstić information content (AvgIpc) is 2.77. The van der Waals surface area contributed by atoms with E-state index in [2.05, 4.69) is 42.9 Å². The third-order valence-electron chi connectivity index (χ3n) is 6.55. The number of unbranched alkanes of at least 4 members (excludes halogenated alkanes) is 18. The van der Waals surface area contributed by atoms with Crippen LogP contribution in [0, 0.1) is 0 Å². The molecule has 0 atom stereocenters. The Balaban J connectivity index is 1.87. The summed E-state index contributed by atoms with van der Waals surface area (Å²) in [5.74, 6) is 0. The third-order valence-corrected chi connectivity index (χ3v) is 6.55. The van der Waals surface area contributed by atoms with Gasteiger partial charge in [0.25, 0.3) is 0 Å². The molecule has 0 fully saturated rings. The largest absolute Gasteiger partial charge is 0.205 e. The van der Waals surface area contributed by atoms with Gasteiger partial charge >= 0.3 is 0 Å². The standard InChI is InChI=1S/C29H54N/c1-3-5-7-9-11-12-13-14-15-16-17-18-20-22-26-30-27-24-29(25-28-30)23-21-19-10-8-6-4-2/h24-25,27-28H,3-23,26H2,1-2H3/q+1. The third kappa shape index (κ3) is 16.9. The van der Waals surface area contributed by atoms with Crippen LogP contribution in [0.15, 0.2) is 24.5 Å². The monoisotopic (exact) mass is 416 g/mol. The van der Waals surface area contributed by atoms with Gasteiger partial charge in [0.2, 0.25) is 0 Å². The number of aryl methyl sites for hydroxylation is 2. The molecule has 0 aromatic carbocycles. The van der Waals surface area contributed by atoms with Gasteiger partial charge in [0.1, 0.15) is 6.54 Å². The molecule has 0 unspecified atom stereocenters. The molecule has 0 spiro atoms. The SMILES string of the molecule is CCCCCCCCCCCCCCCC[n+]1ccc(CCCCCCCC)cc1. The van der Waals surface area contributed by atoms with E-state index in [1.54, 1.807) is 0 Å². The Labute approximate surface area is 190 Å². The zero-order valence-electron chi connectivity index (χ0n) is 20.8. The summed E-state index contributed by atoms with van der Waals surface area (Å²) in [5, 5.41) is 0. The normalized spacial score (nSPS) is 11.3. The van der Waals surface area contributed by atoms with Crippen molar-refractivity contribution in [3.63, 3.8) is 0 Å². The van der Waals surface area contributed by atoms with Crippen LogP contribution in [0.3, 0.4) is 0 Å². The average molecular weight is 417 g/mol. The fraction of sp³-hybridized carbons (Fsp3) is 0.828. The highest BCUT2D eigenvalue weighted by atomic mass is 14.9. The molecular formula is C29H54N+. The van der Waals surface area contributed by atoms with Crippen molar-refractivity contribution in [2.45, 2.75) is 155 Å². The minimum Gasteiger partial charge on any atom is -0.205 e. The predicted octanol–water partition coefficient (Wildman–Crippen LogP) is 9.36. The molecule has 0 bridgehead atoms. The summed E-state index contributed by atoms with van der Waals surface area (Å²) < 4.78 is 2.38. The van der Waals surface area contributed by atoms with Gasteiger partial charge in [-0.15, -0.1) is 0 Å². The van der Waals surface area contributed by atoms with Crippen LogP contribution in [-0.4, -0.2) is 0 Å². The molecule has 0 saturated carbocycles. The van der Waals surface area contributed by atoms with Gasteiger partial charge in [0, 0.05) is 18.6 Å². The molecule has 0 saturated heterocycles. The van der Waals surface area contributed by atoms with E-state index in [9.17, 15) is 0 Å². The number of aromatic nitrogens is 1. The van der Waals surface area contributed by atoms with Crippen LogP contribution < -0.4 is 4.57 Å². The van der Waals surface area contributed by atoms with Gasteiger partial charge in [-0.05, 0) is 24.8 Å². The maximum atomic E-state index is 2.38. The fourth-order valence-electron chi connectivity index (χ4n) is 4.40. The first-order valence-electron chi connectivity index (χ1n) is 13.8. The summed E-state index contributed by atoms with van der Waals surface area (Å²) in [6.45, 7) is 5.78. The second-order valence-electron chi connectivity index (χ2n) is 9.56. The summed E-state index contributed by atoms with van der Waals surface area (Å²) in [4.78, 5) is 0. The van der Waals surface area contributed by atoms with Crippen LogP contribution >= 0.6 is 0 Å². The number of hydrogen-bond acceptors (Lipinski definition) is 0. The van der Waals surface area contributed by atoms with Gasteiger partial charge in [-0.3, -0.25) is 0 Å². The Morgan fingerprint density at radius 2 is 0.833 bits per heavy atom. The Bertz CT molecular complexity index is 450. The van der Waals surface area contributed by atoms with Crippen molar-refractivity contribution in [3.8, 4) is 0 Å². The lowest BCUT2D eigenvalue weighted by molar-refractivity contribution is -0.697. The second kappa shape index (κ2) is 21.4. The van der Waals surface area contributed by atoms with Crippen molar-refractivity contribution >= 4 is 0 Å². The van der Waals surface area contributed by atoms with Gasteiger partial charge in [-0.1, -0.05) is 123 Å². The van der Waals surface area contributed by atoms with Crippen LogP contribution in [0.1, 0.15) is 148 Å². The molecule has 1 nitrogen and oxygen atoms in total. The van der Waals surface area contributed by atoms with E-state index >= 15 is 0 Å². The van der Waals surface area contributed by atoms with Crippen molar-refractivity contribution < 1.29 is 4.57 Å². The maximum Gasteiger partial charge on any atom is 0.169 e. The van der Waals surface area contributed by atoms with Crippen molar-refractivity contribution in [2.75, 3.05) is 0 Å². The number of rotatable bonds is 22. The first-order chi connectivity index (χ1) is 14.9. The molecule has 1 heteroatoms. The molecule has 0 aliphatic rings. The van der Waals surface area contributed by atoms with Crippen LogP contribution in [0.4, 0.5) is 0 Å². The maximum absolute atomic E-state index is 2.38. The molecule has 0 radical (unpaired) electrons. The first-order valence-corrected chi connectivity index (χ1v) is 13.8. The van der Waals surface area contributed by atoms with E-state index in [-0.39, 0.29) is 0 Å². The molecule has 30 heavy (non-hydrogen) atoms. The molecule has 1 aromatic rings. The molecular weight excluding hydrogens is 362 g/mol. The van der Waals surface area contributed by atoms with Gasteiger partial charge in [-0.2, -0.15) is 0 Å². The molecule has 1 heterocycles. The minimum absolute atomic E-state index is 1.19. The van der Waals surface area contributed by atoms with Gasteiger partial charge in [-0.25, -0.2) is 4.57 Å². The van der Waals surface area contributed by atoms with E-state index in [4.69, 9.17) is 0 Å². The van der Waals surface area contributed by atoms with E-state index in [0.29, 0.717) is 0 Å². The number of hydrogen-bond donors (Lipinski definition) is 0. The van der Waals surface area contributed by atoms with Crippen LogP contribution in [-0.2, 0) is 13.0 Å². The Morgan fingerprint density at radius 3 is 1.27 bits per heavy atom. The van der Waals surface area contributed by atoms with Crippen molar-refractivity contribution in [1.29, 1.82) is 0 Å². The highest BCUT2D eigenvalue weighted by molar-refractivity contribution is 5.07. The Morgan fingerprint density at radius 1 is 0.467 bits per heavy atom. The number of pyridine rings is 1. The molecule has 0 amide bonds. The molecule has 0 aliphatic carbocycles. The summed E-state index contributed by atoms with van der Waals surface area (Å²) in [6, 6.07) is 4.69. The van der Waals surface area contributed by atoms with E-state index in [0.717, 1.165) is 0 Å². The number of nitrogens with zero attached hydrogens (tertiary/aromatic N) is 1. The molecule has 1 aromatic heterocycles. The predicted molar refractivity (Wildman–Crippen MR) is 134 cm³/mol. The second-order valence-corrected chi connectivity index (χ2v) is 9.56. The van der Waals surface area contributed by atoms with Crippen LogP contribution in [0.5, 0.6) is 0 Å². The van der Waals surface area contributed by atoms with Crippen molar-refractivity contribution in [2.24, 2.45) is 0 Å². The van der Waals surface area contributed by atoms with Crippen LogP contribution in [0.25, 0.3) is 0 Å². The van der Waals surface area contributed by atoms with Gasteiger partial charge in [0.05, 0.1) is 0 Å². The molecule has 1 rings (SSSR count). The lowest BCUT2D eigenvalue weighted by Gasteiger charge is -2.03. The lowest BCUT2D eigenvalue weighted by atomic mass is 10.0. The van der Waals surface area contributed by atoms with E-state index in [1.165, 1.54) is 147 Å². The minimum atomic E-state index is 1.19. The van der Waals surface area contributed by atoms with Crippen LogP contribution in [0.2, 0.25) is 0 Å². The summed E-state index contributed by atoms with van der Waals surface area (Å²) in [7, 11) is 0. The molecule has 0 N–H and O–H groups in total. The van der Waals surface area contributed by atoms with Crippen molar-refractivity contribution in [1.82, 2.24) is 0 Å². The topological polar surface area (TPSA) is 3.88 Å². The van der Waals surface area contributed by atoms with Gasteiger partial charge in [0.15, 0.2) is 12.4 Å². The summed E-state index contributed by atoms with van der Waals surface area (Å²) >= 11 is 0. The van der Waals surface area contributed by atoms with E-state index < -0.39 is 0 Å². The molecule has 0 aliphatic heterocycles. The highest BCUT2D eigenvalue weighted by Gasteiger charge is 2.02.